The number of benzene rings is 1. The zero-order valence-electron chi connectivity index (χ0n) is 15.2. The lowest BCUT2D eigenvalue weighted by atomic mass is 10.1. The molecule has 1 aromatic heterocycles. The van der Waals surface area contributed by atoms with Crippen LogP contribution in [0.5, 0.6) is 0 Å². The van der Waals surface area contributed by atoms with Crippen LogP contribution in [0.25, 0.3) is 10.9 Å². The molecule has 2 aromatic rings. The van der Waals surface area contributed by atoms with Crippen LogP contribution in [-0.4, -0.2) is 42.5 Å². The summed E-state index contributed by atoms with van der Waals surface area (Å²) in [6, 6.07) is 4.29. The maximum atomic E-state index is 10.2. The fourth-order valence-corrected chi connectivity index (χ4v) is 1.96. The quantitative estimate of drug-likeness (QED) is 0.623. The minimum Gasteiger partial charge on any atom is -0.466 e. The van der Waals surface area contributed by atoms with Crippen molar-refractivity contribution in [2.75, 3.05) is 20.8 Å². The molecule has 25 heavy (non-hydrogen) atoms. The Morgan fingerprint density at radius 1 is 1.20 bits per heavy atom. The Kier molecular flexibility index (Phi) is 10.3. The summed E-state index contributed by atoms with van der Waals surface area (Å²) in [5.74, 6) is -1.04. The molecular formula is C18H24N2O5. The molecule has 7 nitrogen and oxygen atoms in total. The summed E-state index contributed by atoms with van der Waals surface area (Å²) in [4.78, 5) is 20.3. The van der Waals surface area contributed by atoms with Crippen molar-refractivity contribution in [3.05, 3.63) is 29.5 Å². The minimum atomic E-state index is -0.551. The predicted octanol–water partition coefficient (Wildman–Crippen LogP) is 2.23. The lowest BCUT2D eigenvalue weighted by Crippen LogP contribution is -2.12. The average molecular weight is 348 g/mol. The largest absolute Gasteiger partial charge is 0.466 e. The maximum absolute atomic E-state index is 10.2. The SMILES string of the molecule is C#C.COC(=O)COC(C)=O.COCn1cc2cc(C)cc(C)c2n1. The Hall–Kier alpha value is -2.85. The number of aryl methyl sites for hydroxylation is 2. The van der Waals surface area contributed by atoms with E-state index in [2.05, 4.69) is 53.4 Å². The first kappa shape index (κ1) is 22.2. The van der Waals surface area contributed by atoms with E-state index in [-0.39, 0.29) is 6.61 Å². The van der Waals surface area contributed by atoms with Crippen LogP contribution in [0, 0.1) is 26.7 Å². The molecule has 0 spiro atoms. The highest BCUT2D eigenvalue weighted by atomic mass is 16.6. The molecule has 7 heteroatoms. The first-order valence-electron chi connectivity index (χ1n) is 7.34. The van der Waals surface area contributed by atoms with E-state index in [4.69, 9.17) is 4.74 Å². The summed E-state index contributed by atoms with van der Waals surface area (Å²) in [6.45, 7) is 5.61. The molecule has 0 N–H and O–H groups in total. The van der Waals surface area contributed by atoms with Gasteiger partial charge >= 0.3 is 11.9 Å². The number of aromatic nitrogens is 2. The number of hydrogen-bond acceptors (Lipinski definition) is 6. The van der Waals surface area contributed by atoms with Crippen LogP contribution in [0.4, 0.5) is 0 Å². The molecule has 136 valence electrons. The monoisotopic (exact) mass is 348 g/mol. The Balaban J connectivity index is 0.000000458. The van der Waals surface area contributed by atoms with E-state index in [9.17, 15) is 9.59 Å². The van der Waals surface area contributed by atoms with Gasteiger partial charge in [0.15, 0.2) is 6.61 Å². The molecular weight excluding hydrogens is 324 g/mol. The molecule has 0 bridgehead atoms. The van der Waals surface area contributed by atoms with Gasteiger partial charge in [-0.05, 0) is 25.5 Å². The second-order valence-corrected chi connectivity index (χ2v) is 4.96. The predicted molar refractivity (Wildman–Crippen MR) is 94.8 cm³/mol. The van der Waals surface area contributed by atoms with Gasteiger partial charge in [0.1, 0.15) is 6.73 Å². The minimum absolute atomic E-state index is 0.300. The number of ether oxygens (including phenoxy) is 3. The smallest absolute Gasteiger partial charge is 0.344 e. The van der Waals surface area contributed by atoms with Crippen LogP contribution < -0.4 is 0 Å². The van der Waals surface area contributed by atoms with Crippen molar-refractivity contribution in [2.24, 2.45) is 0 Å². The Morgan fingerprint density at radius 3 is 2.36 bits per heavy atom. The summed E-state index contributed by atoms with van der Waals surface area (Å²) < 4.78 is 15.3. The van der Waals surface area contributed by atoms with E-state index in [0.717, 1.165) is 5.52 Å². The van der Waals surface area contributed by atoms with Gasteiger partial charge in [0.2, 0.25) is 0 Å². The molecule has 0 aliphatic carbocycles. The van der Waals surface area contributed by atoms with Crippen LogP contribution in [0.2, 0.25) is 0 Å². The Labute approximate surface area is 147 Å². The first-order valence-corrected chi connectivity index (χ1v) is 7.34. The summed E-state index contributed by atoms with van der Waals surface area (Å²) in [6.07, 6.45) is 10.0. The number of esters is 2. The van der Waals surface area contributed by atoms with Crippen molar-refractivity contribution < 1.29 is 23.8 Å². The van der Waals surface area contributed by atoms with Crippen molar-refractivity contribution in [1.29, 1.82) is 0 Å². The topological polar surface area (TPSA) is 79.6 Å². The third-order valence-corrected chi connectivity index (χ3v) is 2.87. The molecule has 0 saturated heterocycles. The molecule has 1 heterocycles. The number of carbonyl (C=O) groups is 2. The molecule has 0 radical (unpaired) electrons. The molecule has 0 aliphatic rings. The zero-order chi connectivity index (χ0) is 19.4. The van der Waals surface area contributed by atoms with Crippen LogP contribution >= 0.6 is 0 Å². The fourth-order valence-electron chi connectivity index (χ4n) is 1.96. The van der Waals surface area contributed by atoms with Crippen molar-refractivity contribution in [1.82, 2.24) is 9.78 Å². The molecule has 0 aliphatic heterocycles. The molecule has 2 rings (SSSR count). The van der Waals surface area contributed by atoms with Gasteiger partial charge in [0.05, 0.1) is 12.6 Å². The van der Waals surface area contributed by atoms with Crippen LogP contribution in [0.3, 0.4) is 0 Å². The van der Waals surface area contributed by atoms with Gasteiger partial charge in [-0.15, -0.1) is 12.8 Å². The van der Waals surface area contributed by atoms with Gasteiger partial charge in [-0.25, -0.2) is 9.48 Å². The normalized spacial score (nSPS) is 9.24. The summed E-state index contributed by atoms with van der Waals surface area (Å²) in [5.41, 5.74) is 3.55. The summed E-state index contributed by atoms with van der Waals surface area (Å²) >= 11 is 0. The van der Waals surface area contributed by atoms with Crippen LogP contribution in [-0.2, 0) is 30.5 Å². The van der Waals surface area contributed by atoms with E-state index >= 15 is 0 Å². The van der Waals surface area contributed by atoms with Gasteiger partial charge in [0.25, 0.3) is 0 Å². The van der Waals surface area contributed by atoms with E-state index in [1.165, 1.54) is 30.5 Å². The first-order chi connectivity index (χ1) is 11.9. The third-order valence-electron chi connectivity index (χ3n) is 2.87. The van der Waals surface area contributed by atoms with E-state index in [1.807, 2.05) is 10.9 Å². The lowest BCUT2D eigenvalue weighted by molar-refractivity contribution is -0.155. The van der Waals surface area contributed by atoms with Crippen LogP contribution in [0.15, 0.2) is 18.3 Å². The standard InChI is InChI=1S/C11H14N2O.C5H8O4.C2H2/c1-8-4-9(2)11-10(5-8)6-13(12-11)7-14-3;1-4(6)9-3-5(7)8-2;1-2/h4-6H,7H2,1-3H3;3H2,1-2H3;1-2H. The number of carbonyl (C=O) groups excluding carboxylic acids is 2. The highest BCUT2D eigenvalue weighted by Crippen LogP contribution is 2.18. The number of nitrogens with zero attached hydrogens (tertiary/aromatic N) is 2. The van der Waals surface area contributed by atoms with Crippen molar-refractivity contribution in [3.8, 4) is 12.8 Å². The third kappa shape index (κ3) is 7.99. The molecule has 0 saturated carbocycles. The van der Waals surface area contributed by atoms with Gasteiger partial charge in [-0.1, -0.05) is 11.6 Å². The van der Waals surface area contributed by atoms with Crippen molar-refractivity contribution in [2.45, 2.75) is 27.5 Å². The van der Waals surface area contributed by atoms with E-state index in [1.54, 1.807) is 7.11 Å². The number of methoxy groups -OCH3 is 2. The van der Waals surface area contributed by atoms with E-state index in [0.29, 0.717) is 6.73 Å². The Morgan fingerprint density at radius 2 is 1.84 bits per heavy atom. The van der Waals surface area contributed by atoms with Gasteiger partial charge in [-0.3, -0.25) is 4.79 Å². The molecule has 0 atom stereocenters. The van der Waals surface area contributed by atoms with Gasteiger partial charge < -0.3 is 14.2 Å². The lowest BCUT2D eigenvalue weighted by Gasteiger charge is -1.97. The zero-order valence-corrected chi connectivity index (χ0v) is 15.2. The highest BCUT2D eigenvalue weighted by Gasteiger charge is 2.03. The summed E-state index contributed by atoms with van der Waals surface area (Å²) in [5, 5.41) is 5.61. The van der Waals surface area contributed by atoms with Crippen molar-refractivity contribution >= 4 is 22.8 Å². The van der Waals surface area contributed by atoms with E-state index < -0.39 is 11.9 Å². The fraction of sp³-hybridized carbons (Fsp3) is 0.389. The van der Waals surface area contributed by atoms with Gasteiger partial charge in [0, 0.05) is 25.6 Å². The summed E-state index contributed by atoms with van der Waals surface area (Å²) in [7, 11) is 2.90. The second kappa shape index (κ2) is 11.6. The molecule has 0 fully saturated rings. The highest BCUT2D eigenvalue weighted by molar-refractivity contribution is 5.82. The Bertz CT molecular complexity index is 719. The molecule has 0 amide bonds. The second-order valence-electron chi connectivity index (χ2n) is 4.96. The number of rotatable bonds is 4. The van der Waals surface area contributed by atoms with Crippen LogP contribution in [0.1, 0.15) is 18.1 Å². The van der Waals surface area contributed by atoms with Crippen molar-refractivity contribution in [3.63, 3.8) is 0 Å². The molecule has 0 unspecified atom stereocenters. The number of hydrogen-bond donors (Lipinski definition) is 0. The average Bonchev–Trinajstić information content (AvgIpc) is 2.98. The molecule has 1 aromatic carbocycles. The van der Waals surface area contributed by atoms with Gasteiger partial charge in [-0.2, -0.15) is 5.10 Å². The number of terminal acetylenes is 1. The maximum Gasteiger partial charge on any atom is 0.344 e. The number of fused-ring (bicyclic) bond motifs is 1.